The van der Waals surface area contributed by atoms with Crippen molar-refractivity contribution in [2.45, 2.75) is 45.4 Å². The molecule has 2 amide bonds. The molecular formula is C19H27N3O3. The Morgan fingerprint density at radius 2 is 2.04 bits per heavy atom. The molecule has 1 unspecified atom stereocenters. The van der Waals surface area contributed by atoms with Gasteiger partial charge in [-0.3, -0.25) is 9.59 Å². The van der Waals surface area contributed by atoms with Crippen LogP contribution in [0.3, 0.4) is 0 Å². The lowest BCUT2D eigenvalue weighted by molar-refractivity contribution is -0.147. The third-order valence-corrected chi connectivity index (χ3v) is 6.27. The number of hydrogen-bond acceptors (Lipinski definition) is 4. The standard InChI is InChI=1S/C19H27N3O3/c1-2-17-21-16(11-25-17)18(23)20-8-13-9-22(10-13)19(24)15-7-12-3-5-14(15)6-4-12/h11-15H,2-10H2,1H3,(H,20,23). The highest BCUT2D eigenvalue weighted by Gasteiger charge is 2.43. The number of hydrogen-bond donors (Lipinski definition) is 1. The third-order valence-electron chi connectivity index (χ3n) is 6.27. The fourth-order valence-electron chi connectivity index (χ4n) is 4.70. The zero-order valence-corrected chi connectivity index (χ0v) is 14.9. The van der Waals surface area contributed by atoms with Crippen molar-refractivity contribution < 1.29 is 14.0 Å². The van der Waals surface area contributed by atoms with Crippen LogP contribution in [-0.2, 0) is 11.2 Å². The number of fused-ring (bicyclic) bond motifs is 3. The van der Waals surface area contributed by atoms with E-state index >= 15 is 0 Å². The van der Waals surface area contributed by atoms with Crippen LogP contribution in [0.5, 0.6) is 0 Å². The molecule has 1 N–H and O–H groups in total. The highest BCUT2D eigenvalue weighted by molar-refractivity contribution is 5.91. The number of aryl methyl sites for hydroxylation is 1. The lowest BCUT2D eigenvalue weighted by Gasteiger charge is -2.47. The summed E-state index contributed by atoms with van der Waals surface area (Å²) >= 11 is 0. The van der Waals surface area contributed by atoms with Gasteiger partial charge in [-0.2, -0.15) is 0 Å². The fraction of sp³-hybridized carbons (Fsp3) is 0.737. The van der Waals surface area contributed by atoms with E-state index in [1.165, 1.54) is 31.9 Å². The normalized spacial score (nSPS) is 28.7. The molecule has 3 saturated carbocycles. The molecular weight excluding hydrogens is 318 g/mol. The maximum absolute atomic E-state index is 12.7. The third kappa shape index (κ3) is 3.31. The number of amides is 2. The summed E-state index contributed by atoms with van der Waals surface area (Å²) in [6.45, 7) is 4.07. The summed E-state index contributed by atoms with van der Waals surface area (Å²) in [6, 6.07) is 0. The SMILES string of the molecule is CCc1nc(C(=O)NCC2CN(C(=O)C3CC4CCC3CC4)C2)co1. The molecule has 2 heterocycles. The first-order valence-corrected chi connectivity index (χ1v) is 9.65. The van der Waals surface area contributed by atoms with E-state index in [1.54, 1.807) is 0 Å². The second-order valence-corrected chi connectivity index (χ2v) is 7.92. The van der Waals surface area contributed by atoms with Gasteiger partial charge < -0.3 is 14.6 Å². The predicted octanol–water partition coefficient (Wildman–Crippen LogP) is 2.25. The van der Waals surface area contributed by atoms with Gasteiger partial charge in [0.1, 0.15) is 6.26 Å². The number of oxazole rings is 1. The van der Waals surface area contributed by atoms with Crippen LogP contribution in [0.4, 0.5) is 0 Å². The molecule has 4 fully saturated rings. The Kier molecular flexibility index (Phi) is 4.52. The lowest BCUT2D eigenvalue weighted by atomic mass is 9.64. The van der Waals surface area contributed by atoms with Crippen molar-refractivity contribution in [3.63, 3.8) is 0 Å². The monoisotopic (exact) mass is 345 g/mol. The Labute approximate surface area is 148 Å². The topological polar surface area (TPSA) is 75.4 Å². The van der Waals surface area contributed by atoms with Crippen LogP contribution < -0.4 is 5.32 Å². The number of carbonyl (C=O) groups is 2. The van der Waals surface area contributed by atoms with Gasteiger partial charge >= 0.3 is 0 Å². The highest BCUT2D eigenvalue weighted by atomic mass is 16.3. The molecule has 1 atom stereocenters. The number of likely N-dealkylation sites (tertiary alicyclic amines) is 1. The lowest BCUT2D eigenvalue weighted by Crippen LogP contribution is -2.57. The molecule has 0 aromatic carbocycles. The smallest absolute Gasteiger partial charge is 0.273 e. The minimum absolute atomic E-state index is 0.196. The zero-order valence-electron chi connectivity index (χ0n) is 14.9. The summed E-state index contributed by atoms with van der Waals surface area (Å²) in [5.41, 5.74) is 0.335. The van der Waals surface area contributed by atoms with Gasteiger partial charge in [-0.05, 0) is 31.1 Å². The molecule has 1 aromatic rings. The van der Waals surface area contributed by atoms with E-state index < -0.39 is 0 Å². The second-order valence-electron chi connectivity index (χ2n) is 7.92. The first kappa shape index (κ1) is 16.6. The molecule has 2 bridgehead atoms. The number of carbonyl (C=O) groups excluding carboxylic acids is 2. The van der Waals surface area contributed by atoms with Gasteiger partial charge in [-0.1, -0.05) is 19.8 Å². The number of rotatable bonds is 5. The minimum atomic E-state index is -0.196. The molecule has 5 rings (SSSR count). The fourth-order valence-corrected chi connectivity index (χ4v) is 4.70. The minimum Gasteiger partial charge on any atom is -0.448 e. The molecule has 1 aromatic heterocycles. The highest BCUT2D eigenvalue weighted by Crippen LogP contribution is 2.46. The Morgan fingerprint density at radius 1 is 1.28 bits per heavy atom. The average Bonchev–Trinajstić information content (AvgIpc) is 3.10. The van der Waals surface area contributed by atoms with Crippen molar-refractivity contribution in [3.8, 4) is 0 Å². The number of aromatic nitrogens is 1. The van der Waals surface area contributed by atoms with Gasteiger partial charge in [0, 0.05) is 37.9 Å². The van der Waals surface area contributed by atoms with E-state index in [9.17, 15) is 9.59 Å². The molecule has 136 valence electrons. The quantitative estimate of drug-likeness (QED) is 0.888. The van der Waals surface area contributed by atoms with E-state index in [-0.39, 0.29) is 11.8 Å². The largest absolute Gasteiger partial charge is 0.448 e. The summed E-state index contributed by atoms with van der Waals surface area (Å²) < 4.78 is 5.20. The van der Waals surface area contributed by atoms with Crippen LogP contribution in [0.25, 0.3) is 0 Å². The van der Waals surface area contributed by atoms with Gasteiger partial charge in [0.15, 0.2) is 11.6 Å². The van der Waals surface area contributed by atoms with Gasteiger partial charge in [0.05, 0.1) is 0 Å². The van der Waals surface area contributed by atoms with Crippen molar-refractivity contribution >= 4 is 11.8 Å². The van der Waals surface area contributed by atoms with Crippen molar-refractivity contribution in [2.75, 3.05) is 19.6 Å². The van der Waals surface area contributed by atoms with Crippen molar-refractivity contribution in [1.82, 2.24) is 15.2 Å². The van der Waals surface area contributed by atoms with E-state index in [0.717, 1.165) is 25.4 Å². The first-order chi connectivity index (χ1) is 12.1. The molecule has 1 aliphatic heterocycles. The Balaban J connectivity index is 1.21. The van der Waals surface area contributed by atoms with Crippen LogP contribution in [-0.4, -0.2) is 41.3 Å². The van der Waals surface area contributed by atoms with Crippen molar-refractivity contribution in [1.29, 1.82) is 0 Å². The van der Waals surface area contributed by atoms with E-state index in [2.05, 4.69) is 10.3 Å². The first-order valence-electron chi connectivity index (χ1n) is 9.65. The Morgan fingerprint density at radius 3 is 2.64 bits per heavy atom. The maximum Gasteiger partial charge on any atom is 0.273 e. The summed E-state index contributed by atoms with van der Waals surface area (Å²) in [7, 11) is 0. The summed E-state index contributed by atoms with van der Waals surface area (Å²) in [4.78, 5) is 30.9. The van der Waals surface area contributed by atoms with Gasteiger partial charge in [-0.15, -0.1) is 0 Å². The summed E-state index contributed by atoms with van der Waals surface area (Å²) in [6.07, 6.45) is 8.32. The van der Waals surface area contributed by atoms with Gasteiger partial charge in [0.2, 0.25) is 5.91 Å². The molecule has 25 heavy (non-hydrogen) atoms. The van der Waals surface area contributed by atoms with Gasteiger partial charge in [0.25, 0.3) is 5.91 Å². The van der Waals surface area contributed by atoms with Gasteiger partial charge in [-0.25, -0.2) is 4.98 Å². The zero-order chi connectivity index (χ0) is 17.4. The van der Waals surface area contributed by atoms with E-state index in [4.69, 9.17) is 4.42 Å². The van der Waals surface area contributed by atoms with Crippen LogP contribution >= 0.6 is 0 Å². The van der Waals surface area contributed by atoms with Crippen LogP contribution in [0.2, 0.25) is 0 Å². The Hall–Kier alpha value is -1.85. The molecule has 1 saturated heterocycles. The molecule has 6 nitrogen and oxygen atoms in total. The molecule has 0 spiro atoms. The molecule has 6 heteroatoms. The van der Waals surface area contributed by atoms with Crippen molar-refractivity contribution in [3.05, 3.63) is 17.8 Å². The molecule has 3 aliphatic carbocycles. The van der Waals surface area contributed by atoms with Crippen molar-refractivity contribution in [2.24, 2.45) is 23.7 Å². The van der Waals surface area contributed by atoms with Crippen LogP contribution in [0.1, 0.15) is 55.4 Å². The maximum atomic E-state index is 12.7. The van der Waals surface area contributed by atoms with E-state index in [1.807, 2.05) is 11.8 Å². The van der Waals surface area contributed by atoms with Crippen LogP contribution in [0.15, 0.2) is 10.7 Å². The Bertz CT molecular complexity index is 642. The number of nitrogens with zero attached hydrogens (tertiary/aromatic N) is 2. The van der Waals surface area contributed by atoms with E-state index in [0.29, 0.717) is 42.3 Å². The predicted molar refractivity (Wildman–Crippen MR) is 91.8 cm³/mol. The molecule has 4 aliphatic rings. The summed E-state index contributed by atoms with van der Waals surface area (Å²) in [5.74, 6) is 2.77. The molecule has 0 radical (unpaired) electrons. The average molecular weight is 345 g/mol. The van der Waals surface area contributed by atoms with Crippen LogP contribution in [0, 0.1) is 23.7 Å². The number of nitrogens with one attached hydrogen (secondary N) is 1. The summed E-state index contributed by atoms with van der Waals surface area (Å²) in [5, 5.41) is 2.90. The second kappa shape index (κ2) is 6.81.